The third-order valence-electron chi connectivity index (χ3n) is 5.02. The van der Waals surface area contributed by atoms with Crippen molar-refractivity contribution in [1.29, 1.82) is 10.5 Å². The molecule has 3 atom stereocenters. The van der Waals surface area contributed by atoms with Gasteiger partial charge in [-0.1, -0.05) is 44.6 Å². The van der Waals surface area contributed by atoms with Crippen LogP contribution in [0.1, 0.15) is 42.6 Å². The van der Waals surface area contributed by atoms with E-state index in [1.165, 1.54) is 18.2 Å². The van der Waals surface area contributed by atoms with Gasteiger partial charge >= 0.3 is 5.97 Å². The largest absolute Gasteiger partial charge is 0.495 e. The van der Waals surface area contributed by atoms with Crippen LogP contribution in [-0.4, -0.2) is 30.4 Å². The Morgan fingerprint density at radius 1 is 1.27 bits per heavy atom. The summed E-state index contributed by atoms with van der Waals surface area (Å²) in [4.78, 5) is 12.1. The first-order chi connectivity index (χ1) is 14.5. The van der Waals surface area contributed by atoms with Gasteiger partial charge in [-0.2, -0.15) is 10.5 Å². The fourth-order valence-corrected chi connectivity index (χ4v) is 2.95. The molecule has 6 heteroatoms. The number of nitrogens with zero attached hydrogens (tertiary/aromatic N) is 2. The van der Waals surface area contributed by atoms with E-state index in [1.54, 1.807) is 24.3 Å². The van der Waals surface area contributed by atoms with Crippen LogP contribution in [0.15, 0.2) is 53.8 Å². The van der Waals surface area contributed by atoms with E-state index in [0.29, 0.717) is 23.0 Å². The van der Waals surface area contributed by atoms with Crippen molar-refractivity contribution in [3.05, 3.63) is 65.0 Å². The zero-order valence-electron chi connectivity index (χ0n) is 17.2. The van der Waals surface area contributed by atoms with Gasteiger partial charge in [0.25, 0.3) is 0 Å². The van der Waals surface area contributed by atoms with Gasteiger partial charge in [-0.15, -0.1) is 0 Å². The number of rotatable bonds is 9. The fraction of sp³-hybridized carbons (Fsp3) is 0.375. The number of nitriles is 2. The number of benzene rings is 1. The molecule has 0 bridgehead atoms. The van der Waals surface area contributed by atoms with Gasteiger partial charge in [0.05, 0.1) is 11.3 Å². The Hall–Kier alpha value is -3.35. The first-order valence-corrected chi connectivity index (χ1v) is 9.94. The highest BCUT2D eigenvalue weighted by Gasteiger charge is 2.19. The summed E-state index contributed by atoms with van der Waals surface area (Å²) in [5.41, 5.74) is 0.920. The van der Waals surface area contributed by atoms with E-state index in [1.807, 2.05) is 12.2 Å². The Morgan fingerprint density at radius 3 is 2.60 bits per heavy atom. The maximum Gasteiger partial charge on any atom is 0.338 e. The van der Waals surface area contributed by atoms with E-state index in [9.17, 15) is 9.90 Å². The summed E-state index contributed by atoms with van der Waals surface area (Å²) in [6, 6.07) is 9.86. The van der Waals surface area contributed by atoms with Crippen molar-refractivity contribution in [1.82, 2.24) is 0 Å². The van der Waals surface area contributed by atoms with Gasteiger partial charge in [0.15, 0.2) is 0 Å². The average molecular weight is 406 g/mol. The van der Waals surface area contributed by atoms with Gasteiger partial charge < -0.3 is 14.6 Å². The maximum absolute atomic E-state index is 12.1. The van der Waals surface area contributed by atoms with Crippen LogP contribution >= 0.6 is 0 Å². The van der Waals surface area contributed by atoms with Gasteiger partial charge in [0, 0.05) is 6.42 Å². The molecule has 3 unspecified atom stereocenters. The second kappa shape index (κ2) is 11.6. The lowest BCUT2D eigenvalue weighted by molar-refractivity contribution is 0.000947. The first-order valence-electron chi connectivity index (χ1n) is 9.94. The van der Waals surface area contributed by atoms with Crippen LogP contribution in [-0.2, 0) is 9.47 Å². The number of aliphatic hydroxyl groups excluding tert-OH is 1. The zero-order valence-corrected chi connectivity index (χ0v) is 17.2. The molecule has 0 spiro atoms. The summed E-state index contributed by atoms with van der Waals surface area (Å²) >= 11 is 0. The summed E-state index contributed by atoms with van der Waals surface area (Å²) in [6.45, 7) is 4.25. The molecule has 0 aromatic heterocycles. The molecule has 1 aromatic carbocycles. The standard InChI is InChI=1S/C24H26N2O4/c1-3-17(2)21-5-4-6-23(12-21)29-15-22(27)16-30-24(28)20-9-7-18(8-10-20)11-19(13-25)14-26/h4-11,17,21-22,27H,3,12,15-16H2,1-2H3. The SMILES string of the molecule is CCC(C)C1C=CC=C(OCC(O)COC(=O)c2ccc(C=C(C#N)C#N)cc2)C1. The summed E-state index contributed by atoms with van der Waals surface area (Å²) in [5, 5.41) is 27.6. The van der Waals surface area contributed by atoms with E-state index in [2.05, 4.69) is 19.9 Å². The molecule has 1 aliphatic rings. The molecule has 1 aliphatic carbocycles. The highest BCUT2D eigenvalue weighted by atomic mass is 16.5. The molecule has 0 aliphatic heterocycles. The van der Waals surface area contributed by atoms with E-state index in [-0.39, 0.29) is 18.8 Å². The Bertz CT molecular complexity index is 885. The molecule has 0 radical (unpaired) electrons. The molecule has 6 nitrogen and oxygen atoms in total. The minimum Gasteiger partial charge on any atom is -0.495 e. The molecule has 0 fully saturated rings. The second-order valence-electron chi connectivity index (χ2n) is 7.24. The van der Waals surface area contributed by atoms with Crippen molar-refractivity contribution in [2.45, 2.75) is 32.8 Å². The predicted molar refractivity (Wildman–Crippen MR) is 113 cm³/mol. The average Bonchev–Trinajstić information content (AvgIpc) is 2.79. The molecule has 0 amide bonds. The number of ether oxygens (including phenoxy) is 2. The summed E-state index contributed by atoms with van der Waals surface area (Å²) in [6.07, 6.45) is 8.46. The molecule has 30 heavy (non-hydrogen) atoms. The molecular weight excluding hydrogens is 380 g/mol. The summed E-state index contributed by atoms with van der Waals surface area (Å²) in [7, 11) is 0. The maximum atomic E-state index is 12.1. The molecule has 2 rings (SSSR count). The molecule has 0 heterocycles. The third-order valence-corrected chi connectivity index (χ3v) is 5.02. The number of aliphatic hydroxyl groups is 1. The van der Waals surface area contributed by atoms with Crippen molar-refractivity contribution < 1.29 is 19.4 Å². The van der Waals surface area contributed by atoms with Gasteiger partial charge in [0.2, 0.25) is 0 Å². The minimum atomic E-state index is -0.932. The zero-order chi connectivity index (χ0) is 21.9. The van der Waals surface area contributed by atoms with Crippen LogP contribution in [0.2, 0.25) is 0 Å². The van der Waals surface area contributed by atoms with Crippen LogP contribution in [0.25, 0.3) is 6.08 Å². The minimum absolute atomic E-state index is 0.0208. The Balaban J connectivity index is 1.79. The lowest BCUT2D eigenvalue weighted by atomic mass is 9.86. The van der Waals surface area contributed by atoms with Crippen LogP contribution in [0.5, 0.6) is 0 Å². The number of hydrogen-bond donors (Lipinski definition) is 1. The highest BCUT2D eigenvalue weighted by Crippen LogP contribution is 2.27. The van der Waals surface area contributed by atoms with E-state index < -0.39 is 12.1 Å². The third kappa shape index (κ3) is 6.92. The molecule has 0 saturated heterocycles. The quantitative estimate of drug-likeness (QED) is 0.488. The summed E-state index contributed by atoms with van der Waals surface area (Å²) in [5.74, 6) is 1.25. The molecular formula is C24H26N2O4. The monoisotopic (exact) mass is 406 g/mol. The normalized spacial score (nSPS) is 17.0. The topological polar surface area (TPSA) is 103 Å². The van der Waals surface area contributed by atoms with Crippen LogP contribution in [0.4, 0.5) is 0 Å². The van der Waals surface area contributed by atoms with Crippen molar-refractivity contribution in [3.8, 4) is 12.1 Å². The molecule has 0 saturated carbocycles. The van der Waals surface area contributed by atoms with Gasteiger partial charge in [-0.25, -0.2) is 4.79 Å². The van der Waals surface area contributed by atoms with Crippen LogP contribution < -0.4 is 0 Å². The molecule has 156 valence electrons. The lowest BCUT2D eigenvalue weighted by Gasteiger charge is -2.24. The Kier molecular flexibility index (Phi) is 8.87. The van der Waals surface area contributed by atoms with Crippen molar-refractivity contribution >= 4 is 12.0 Å². The molecule has 1 aromatic rings. The van der Waals surface area contributed by atoms with Crippen molar-refractivity contribution in [2.75, 3.05) is 13.2 Å². The fourth-order valence-electron chi connectivity index (χ4n) is 2.95. The smallest absolute Gasteiger partial charge is 0.338 e. The van der Waals surface area contributed by atoms with Crippen molar-refractivity contribution in [2.24, 2.45) is 11.8 Å². The Morgan fingerprint density at radius 2 is 1.97 bits per heavy atom. The number of hydrogen-bond acceptors (Lipinski definition) is 6. The molecule has 1 N–H and O–H groups in total. The highest BCUT2D eigenvalue weighted by molar-refractivity contribution is 5.89. The van der Waals surface area contributed by atoms with Gasteiger partial charge in [-0.05, 0) is 41.7 Å². The van der Waals surface area contributed by atoms with Crippen LogP contribution in [0.3, 0.4) is 0 Å². The van der Waals surface area contributed by atoms with Crippen molar-refractivity contribution in [3.63, 3.8) is 0 Å². The number of allylic oxidation sites excluding steroid dienone is 5. The number of carbonyl (C=O) groups is 1. The van der Waals surface area contributed by atoms with E-state index in [4.69, 9.17) is 20.0 Å². The van der Waals surface area contributed by atoms with E-state index in [0.717, 1.165) is 18.6 Å². The van der Waals surface area contributed by atoms with Gasteiger partial charge in [-0.3, -0.25) is 0 Å². The van der Waals surface area contributed by atoms with E-state index >= 15 is 0 Å². The number of esters is 1. The summed E-state index contributed by atoms with van der Waals surface area (Å²) < 4.78 is 10.8. The predicted octanol–water partition coefficient (Wildman–Crippen LogP) is 4.16. The first kappa shape index (κ1) is 22.9. The second-order valence-corrected chi connectivity index (χ2v) is 7.24. The lowest BCUT2D eigenvalue weighted by Crippen LogP contribution is -2.24. The number of carbonyl (C=O) groups excluding carboxylic acids is 1. The van der Waals surface area contributed by atoms with Crippen LogP contribution in [0, 0.1) is 34.5 Å². The Labute approximate surface area is 177 Å². The van der Waals surface area contributed by atoms with Gasteiger partial charge in [0.1, 0.15) is 37.0 Å².